The average molecular weight is 446 g/mol. The molecule has 0 radical (unpaired) electrons. The summed E-state index contributed by atoms with van der Waals surface area (Å²) in [4.78, 5) is 27.4. The van der Waals surface area contributed by atoms with E-state index >= 15 is 0 Å². The molecule has 1 spiro atoms. The summed E-state index contributed by atoms with van der Waals surface area (Å²) in [6, 6.07) is 22.7. The normalized spacial score (nSPS) is 23.6. The van der Waals surface area contributed by atoms with E-state index in [4.69, 9.17) is 11.6 Å². The highest BCUT2D eigenvalue weighted by molar-refractivity contribution is 6.30. The predicted octanol–water partition coefficient (Wildman–Crippen LogP) is 5.82. The van der Waals surface area contributed by atoms with Crippen LogP contribution in [-0.4, -0.2) is 17.0 Å². The van der Waals surface area contributed by atoms with E-state index in [1.54, 1.807) is 18.2 Å². The Balaban J connectivity index is 1.60. The molecule has 2 atom stereocenters. The zero-order chi connectivity index (χ0) is 22.7. The summed E-state index contributed by atoms with van der Waals surface area (Å²) in [6.45, 7) is 4.70. The van der Waals surface area contributed by atoms with Gasteiger partial charge in [0.2, 0.25) is 5.91 Å². The molecule has 1 aliphatic heterocycles. The lowest BCUT2D eigenvalue weighted by molar-refractivity contribution is -0.121. The summed E-state index contributed by atoms with van der Waals surface area (Å²) in [6.07, 6.45) is 0.751. The van der Waals surface area contributed by atoms with E-state index in [1.807, 2.05) is 53.4 Å². The summed E-state index contributed by atoms with van der Waals surface area (Å²) >= 11 is 6.15. The molecule has 3 aromatic rings. The van der Waals surface area contributed by atoms with Crippen LogP contribution >= 0.6 is 11.6 Å². The fourth-order valence-electron chi connectivity index (χ4n) is 5.77. The Morgan fingerprint density at radius 3 is 2.47 bits per heavy atom. The van der Waals surface area contributed by atoms with Crippen LogP contribution in [0.1, 0.15) is 47.3 Å². The highest BCUT2D eigenvalue weighted by Gasteiger charge is 2.77. The molecule has 0 aromatic heterocycles. The van der Waals surface area contributed by atoms with Crippen molar-refractivity contribution >= 4 is 29.2 Å². The Bertz CT molecular complexity index is 1240. The number of hydrogen-bond donors (Lipinski definition) is 1. The summed E-state index contributed by atoms with van der Waals surface area (Å²) in [5.74, 6) is -0.640. The third-order valence-electron chi connectivity index (χ3n) is 7.31. The lowest BCUT2D eigenvalue weighted by atomic mass is 9.75. The molecule has 162 valence electrons. The lowest BCUT2D eigenvalue weighted by Crippen LogP contribution is -2.38. The van der Waals surface area contributed by atoms with Crippen molar-refractivity contribution in [2.75, 3.05) is 4.90 Å². The maximum absolute atomic E-state index is 14.1. The molecule has 4 nitrogen and oxygen atoms in total. The van der Waals surface area contributed by atoms with Crippen LogP contribution in [0.15, 0.2) is 72.8 Å². The molecule has 0 saturated heterocycles. The van der Waals surface area contributed by atoms with Crippen LogP contribution in [-0.2, 0) is 22.2 Å². The van der Waals surface area contributed by atoms with Gasteiger partial charge >= 0.3 is 5.97 Å². The minimum atomic E-state index is -0.972. The zero-order valence-corrected chi connectivity index (χ0v) is 18.8. The van der Waals surface area contributed by atoms with Crippen molar-refractivity contribution in [3.8, 4) is 0 Å². The third-order valence-corrected chi connectivity index (χ3v) is 7.56. The number of carbonyl (C=O) groups is 2. The molecule has 1 fully saturated rings. The molecule has 1 amide bonds. The number of carboxylic acid groups (broad SMARTS) is 1. The van der Waals surface area contributed by atoms with Crippen molar-refractivity contribution in [1.82, 2.24) is 0 Å². The molecule has 32 heavy (non-hydrogen) atoms. The molecule has 5 rings (SSSR count). The van der Waals surface area contributed by atoms with Crippen molar-refractivity contribution in [1.29, 1.82) is 0 Å². The van der Waals surface area contributed by atoms with Gasteiger partial charge in [-0.2, -0.15) is 0 Å². The summed E-state index contributed by atoms with van der Waals surface area (Å²) in [5, 5.41) is 10.0. The van der Waals surface area contributed by atoms with Gasteiger partial charge in [-0.05, 0) is 59.4 Å². The van der Waals surface area contributed by atoms with Crippen molar-refractivity contribution in [2.45, 2.75) is 37.6 Å². The number of halogens is 1. The first-order valence-corrected chi connectivity index (χ1v) is 11.2. The Morgan fingerprint density at radius 1 is 1.06 bits per heavy atom. The van der Waals surface area contributed by atoms with Crippen LogP contribution in [0.3, 0.4) is 0 Å². The quantitative estimate of drug-likeness (QED) is 0.538. The van der Waals surface area contributed by atoms with Gasteiger partial charge in [-0.25, -0.2) is 4.79 Å². The molecule has 5 heteroatoms. The second-order valence-corrected chi connectivity index (χ2v) is 9.57. The molecule has 1 N–H and O–H groups in total. The zero-order valence-electron chi connectivity index (χ0n) is 18.0. The first-order valence-electron chi connectivity index (χ1n) is 10.8. The summed E-state index contributed by atoms with van der Waals surface area (Å²) < 4.78 is 0. The van der Waals surface area contributed by atoms with E-state index in [0.29, 0.717) is 11.6 Å². The number of amides is 1. The van der Waals surface area contributed by atoms with Gasteiger partial charge in [0.15, 0.2) is 0 Å². The Hall–Kier alpha value is -3.11. The van der Waals surface area contributed by atoms with Crippen LogP contribution in [0, 0.1) is 5.92 Å². The number of fused-ring (bicyclic) bond motifs is 2. The van der Waals surface area contributed by atoms with Crippen LogP contribution < -0.4 is 4.90 Å². The molecule has 0 bridgehead atoms. The largest absolute Gasteiger partial charge is 0.478 e. The number of carbonyl (C=O) groups excluding carboxylic acids is 1. The first kappa shape index (κ1) is 20.8. The second-order valence-electron chi connectivity index (χ2n) is 9.13. The maximum atomic E-state index is 14.1. The Kier molecular flexibility index (Phi) is 4.68. The smallest absolute Gasteiger partial charge is 0.335 e. The van der Waals surface area contributed by atoms with Crippen LogP contribution in [0.25, 0.3) is 0 Å². The maximum Gasteiger partial charge on any atom is 0.335 e. The second kappa shape index (κ2) is 7.21. The van der Waals surface area contributed by atoms with Crippen molar-refractivity contribution in [3.05, 3.63) is 100 Å². The van der Waals surface area contributed by atoms with Gasteiger partial charge in [-0.1, -0.05) is 67.9 Å². The standard InChI is InChI=1S/C27H24ClNO3/c1-17(2)26(20-10-12-21(28)13-11-20)16-27(26)22-8-3-4-9-23(22)29(25(27)32)15-18-6-5-7-19(14-18)24(30)31/h3-14,17H,15-16H2,1-2H3,(H,30,31). The monoisotopic (exact) mass is 445 g/mol. The SMILES string of the molecule is CC(C)C1(c2ccc(Cl)cc2)CC12C(=O)N(Cc1cccc(C(=O)O)c1)c1ccccc12. The molecule has 1 aliphatic carbocycles. The highest BCUT2D eigenvalue weighted by Crippen LogP contribution is 2.73. The van der Waals surface area contributed by atoms with E-state index in [9.17, 15) is 14.7 Å². The van der Waals surface area contributed by atoms with Gasteiger partial charge in [-0.3, -0.25) is 4.79 Å². The Morgan fingerprint density at radius 2 is 1.78 bits per heavy atom. The van der Waals surface area contributed by atoms with Crippen LogP contribution in [0.2, 0.25) is 5.02 Å². The lowest BCUT2D eigenvalue weighted by Gasteiger charge is -2.27. The summed E-state index contributed by atoms with van der Waals surface area (Å²) in [7, 11) is 0. The van der Waals surface area contributed by atoms with Gasteiger partial charge < -0.3 is 10.0 Å². The number of nitrogens with zero attached hydrogens (tertiary/aromatic N) is 1. The molecular weight excluding hydrogens is 422 g/mol. The van der Waals surface area contributed by atoms with Crippen molar-refractivity contribution < 1.29 is 14.7 Å². The van der Waals surface area contributed by atoms with E-state index in [-0.39, 0.29) is 22.8 Å². The first-order chi connectivity index (χ1) is 15.3. The van der Waals surface area contributed by atoms with Gasteiger partial charge in [0.05, 0.1) is 17.5 Å². The molecule has 2 aliphatic rings. The van der Waals surface area contributed by atoms with E-state index < -0.39 is 11.4 Å². The molecule has 3 aromatic carbocycles. The van der Waals surface area contributed by atoms with Crippen LogP contribution in [0.4, 0.5) is 5.69 Å². The number of rotatable bonds is 5. The number of carboxylic acids is 1. The average Bonchev–Trinajstić information content (AvgIpc) is 3.45. The van der Waals surface area contributed by atoms with E-state index in [2.05, 4.69) is 19.9 Å². The number of aromatic carboxylic acids is 1. The molecule has 1 saturated carbocycles. The number of hydrogen-bond acceptors (Lipinski definition) is 2. The van der Waals surface area contributed by atoms with Gasteiger partial charge in [0, 0.05) is 16.1 Å². The molecule has 2 unspecified atom stereocenters. The van der Waals surface area contributed by atoms with Gasteiger partial charge in [0.25, 0.3) is 0 Å². The van der Waals surface area contributed by atoms with Gasteiger partial charge in [-0.15, -0.1) is 0 Å². The minimum absolute atomic E-state index is 0.0862. The fraction of sp³-hybridized carbons (Fsp3) is 0.259. The van der Waals surface area contributed by atoms with Crippen molar-refractivity contribution in [2.24, 2.45) is 5.92 Å². The third kappa shape index (κ3) is 2.75. The minimum Gasteiger partial charge on any atom is -0.478 e. The topological polar surface area (TPSA) is 57.6 Å². The molecular formula is C27H24ClNO3. The number of para-hydroxylation sites is 1. The Labute approximate surface area is 192 Å². The fourth-order valence-corrected chi connectivity index (χ4v) is 5.90. The number of anilines is 1. The number of benzene rings is 3. The van der Waals surface area contributed by atoms with E-state index in [1.165, 1.54) is 0 Å². The molecule has 1 heterocycles. The predicted molar refractivity (Wildman–Crippen MR) is 125 cm³/mol. The highest BCUT2D eigenvalue weighted by atomic mass is 35.5. The van der Waals surface area contributed by atoms with Crippen LogP contribution in [0.5, 0.6) is 0 Å². The van der Waals surface area contributed by atoms with E-state index in [0.717, 1.165) is 28.8 Å². The van der Waals surface area contributed by atoms with Gasteiger partial charge in [0.1, 0.15) is 0 Å². The van der Waals surface area contributed by atoms with Crippen molar-refractivity contribution in [3.63, 3.8) is 0 Å². The summed E-state index contributed by atoms with van der Waals surface area (Å²) in [5.41, 5.74) is 3.21.